The summed E-state index contributed by atoms with van der Waals surface area (Å²) in [5, 5.41) is 7.67. The van der Waals surface area contributed by atoms with E-state index in [0.717, 1.165) is 19.3 Å². The standard InChI is InChI=1S/C16H26N2O2S/c1-5-6-7-13-15(19)18(11-16(2,3)20-4)14(17-13)12-8-9-21-10-12/h8-10,13-14,17H,5-7,11H2,1-4H3. The lowest BCUT2D eigenvalue weighted by Gasteiger charge is -2.32. The summed E-state index contributed by atoms with van der Waals surface area (Å²) in [7, 11) is 1.70. The summed E-state index contributed by atoms with van der Waals surface area (Å²) in [5.41, 5.74) is 0.824. The molecule has 2 rings (SSSR count). The molecule has 2 atom stereocenters. The van der Waals surface area contributed by atoms with E-state index < -0.39 is 0 Å². The Morgan fingerprint density at radius 1 is 1.48 bits per heavy atom. The van der Waals surface area contributed by atoms with Crippen LogP contribution in [-0.4, -0.2) is 36.1 Å². The Morgan fingerprint density at radius 3 is 2.81 bits per heavy atom. The molecular formula is C16H26N2O2S. The zero-order chi connectivity index (χ0) is 15.5. The van der Waals surface area contributed by atoms with Crippen molar-refractivity contribution in [3.8, 4) is 0 Å². The number of unbranched alkanes of at least 4 members (excludes halogenated alkanes) is 1. The number of methoxy groups -OCH3 is 1. The first kappa shape index (κ1) is 16.5. The molecule has 1 aliphatic heterocycles. The summed E-state index contributed by atoms with van der Waals surface area (Å²) in [4.78, 5) is 14.7. The van der Waals surface area contributed by atoms with Crippen LogP contribution in [0.2, 0.25) is 0 Å². The van der Waals surface area contributed by atoms with Crippen molar-refractivity contribution in [2.45, 2.75) is 57.8 Å². The van der Waals surface area contributed by atoms with Gasteiger partial charge >= 0.3 is 0 Å². The van der Waals surface area contributed by atoms with Gasteiger partial charge in [-0.1, -0.05) is 19.8 Å². The molecule has 2 heterocycles. The van der Waals surface area contributed by atoms with E-state index in [1.807, 2.05) is 18.7 Å². The average Bonchev–Trinajstić information content (AvgIpc) is 3.07. The Morgan fingerprint density at radius 2 is 2.24 bits per heavy atom. The first-order valence-corrected chi connectivity index (χ1v) is 8.56. The van der Waals surface area contributed by atoms with Crippen LogP contribution in [0.3, 0.4) is 0 Å². The van der Waals surface area contributed by atoms with Gasteiger partial charge in [0.1, 0.15) is 6.17 Å². The van der Waals surface area contributed by atoms with E-state index in [1.165, 1.54) is 5.56 Å². The number of thiophene rings is 1. The van der Waals surface area contributed by atoms with Gasteiger partial charge in [0, 0.05) is 7.11 Å². The van der Waals surface area contributed by atoms with Gasteiger partial charge in [0.15, 0.2) is 0 Å². The molecule has 1 N–H and O–H groups in total. The van der Waals surface area contributed by atoms with Crippen LogP contribution in [0.5, 0.6) is 0 Å². The second-order valence-corrected chi connectivity index (χ2v) is 7.03. The Labute approximate surface area is 131 Å². The van der Waals surface area contributed by atoms with Crippen molar-refractivity contribution >= 4 is 17.2 Å². The molecule has 1 saturated heterocycles. The van der Waals surface area contributed by atoms with Crippen molar-refractivity contribution in [2.75, 3.05) is 13.7 Å². The Hall–Kier alpha value is -0.910. The largest absolute Gasteiger partial charge is 0.377 e. The molecule has 4 nitrogen and oxygen atoms in total. The topological polar surface area (TPSA) is 41.6 Å². The van der Waals surface area contributed by atoms with E-state index >= 15 is 0 Å². The van der Waals surface area contributed by atoms with Crippen molar-refractivity contribution in [1.82, 2.24) is 10.2 Å². The van der Waals surface area contributed by atoms with Gasteiger partial charge in [-0.2, -0.15) is 11.3 Å². The smallest absolute Gasteiger partial charge is 0.241 e. The fourth-order valence-electron chi connectivity index (χ4n) is 2.65. The quantitative estimate of drug-likeness (QED) is 0.841. The van der Waals surface area contributed by atoms with Crippen LogP contribution in [0.4, 0.5) is 0 Å². The number of ether oxygens (including phenoxy) is 1. The highest BCUT2D eigenvalue weighted by Gasteiger charge is 2.41. The van der Waals surface area contributed by atoms with Crippen LogP contribution in [0.15, 0.2) is 16.8 Å². The van der Waals surface area contributed by atoms with Crippen molar-refractivity contribution in [3.05, 3.63) is 22.4 Å². The number of hydrogen-bond acceptors (Lipinski definition) is 4. The normalized spacial score (nSPS) is 23.0. The molecular weight excluding hydrogens is 284 g/mol. The summed E-state index contributed by atoms with van der Waals surface area (Å²) in [6.45, 7) is 6.79. The molecule has 1 aliphatic rings. The van der Waals surface area contributed by atoms with E-state index in [1.54, 1.807) is 18.4 Å². The highest BCUT2D eigenvalue weighted by atomic mass is 32.1. The molecule has 0 aliphatic carbocycles. The van der Waals surface area contributed by atoms with Gasteiger partial charge in [0.2, 0.25) is 5.91 Å². The summed E-state index contributed by atoms with van der Waals surface area (Å²) >= 11 is 1.66. The molecule has 0 spiro atoms. The number of rotatable bonds is 7. The lowest BCUT2D eigenvalue weighted by molar-refractivity contribution is -0.134. The maximum Gasteiger partial charge on any atom is 0.241 e. The lowest BCUT2D eigenvalue weighted by atomic mass is 10.1. The third-order valence-electron chi connectivity index (χ3n) is 4.06. The number of carbonyl (C=O) groups excluding carboxylic acids is 1. The van der Waals surface area contributed by atoms with Gasteiger partial charge in [0.05, 0.1) is 18.2 Å². The van der Waals surface area contributed by atoms with E-state index in [0.29, 0.717) is 6.54 Å². The third kappa shape index (κ3) is 3.84. The molecule has 5 heteroatoms. The highest BCUT2D eigenvalue weighted by Crippen LogP contribution is 2.30. The third-order valence-corrected chi connectivity index (χ3v) is 4.76. The summed E-state index contributed by atoms with van der Waals surface area (Å²) in [6, 6.07) is 2.02. The molecule has 21 heavy (non-hydrogen) atoms. The summed E-state index contributed by atoms with van der Waals surface area (Å²) in [6.07, 6.45) is 3.05. The van der Waals surface area contributed by atoms with Crippen molar-refractivity contribution in [2.24, 2.45) is 0 Å². The van der Waals surface area contributed by atoms with Crippen LogP contribution in [0.1, 0.15) is 51.8 Å². The molecule has 1 aromatic rings. The van der Waals surface area contributed by atoms with Gasteiger partial charge < -0.3 is 9.64 Å². The molecule has 1 aromatic heterocycles. The fourth-order valence-corrected chi connectivity index (χ4v) is 3.32. The average molecular weight is 310 g/mol. The number of carbonyl (C=O) groups is 1. The Bertz CT molecular complexity index is 459. The molecule has 0 aromatic carbocycles. The van der Waals surface area contributed by atoms with E-state index in [-0.39, 0.29) is 23.7 Å². The SMILES string of the molecule is CCCCC1NC(c2ccsc2)N(CC(C)(C)OC)C1=O. The van der Waals surface area contributed by atoms with E-state index in [4.69, 9.17) is 4.74 Å². The number of hydrogen-bond donors (Lipinski definition) is 1. The molecule has 0 radical (unpaired) electrons. The van der Waals surface area contributed by atoms with Gasteiger partial charge in [-0.3, -0.25) is 10.1 Å². The summed E-state index contributed by atoms with van der Waals surface area (Å²) in [5.74, 6) is 0.199. The van der Waals surface area contributed by atoms with Crippen LogP contribution >= 0.6 is 11.3 Å². The highest BCUT2D eigenvalue weighted by molar-refractivity contribution is 7.07. The lowest BCUT2D eigenvalue weighted by Crippen LogP contribution is -2.43. The van der Waals surface area contributed by atoms with E-state index in [2.05, 4.69) is 29.1 Å². The minimum Gasteiger partial charge on any atom is -0.377 e. The van der Waals surface area contributed by atoms with Crippen molar-refractivity contribution in [1.29, 1.82) is 0 Å². The minimum atomic E-state index is -0.342. The second-order valence-electron chi connectivity index (χ2n) is 6.25. The first-order valence-electron chi connectivity index (χ1n) is 7.62. The molecule has 1 amide bonds. The predicted octanol–water partition coefficient (Wildman–Crippen LogP) is 3.16. The zero-order valence-corrected chi connectivity index (χ0v) is 14.2. The maximum atomic E-state index is 12.7. The van der Waals surface area contributed by atoms with Crippen LogP contribution < -0.4 is 5.32 Å². The van der Waals surface area contributed by atoms with Crippen LogP contribution in [0, 0.1) is 0 Å². The molecule has 2 unspecified atom stereocenters. The van der Waals surface area contributed by atoms with Crippen molar-refractivity contribution in [3.63, 3.8) is 0 Å². The van der Waals surface area contributed by atoms with E-state index in [9.17, 15) is 4.79 Å². The Kier molecular flexibility index (Phi) is 5.41. The number of amides is 1. The molecule has 1 fully saturated rings. The van der Waals surface area contributed by atoms with Crippen LogP contribution in [0.25, 0.3) is 0 Å². The second kappa shape index (κ2) is 6.90. The van der Waals surface area contributed by atoms with Crippen molar-refractivity contribution < 1.29 is 9.53 Å². The molecule has 118 valence electrons. The molecule has 0 saturated carbocycles. The maximum absolute atomic E-state index is 12.7. The van der Waals surface area contributed by atoms with Gasteiger partial charge in [-0.25, -0.2) is 0 Å². The summed E-state index contributed by atoms with van der Waals surface area (Å²) < 4.78 is 5.51. The Balaban J connectivity index is 2.17. The van der Waals surface area contributed by atoms with Gasteiger partial charge in [-0.05, 0) is 42.7 Å². The molecule has 0 bridgehead atoms. The monoisotopic (exact) mass is 310 g/mol. The minimum absolute atomic E-state index is 0.0277. The first-order chi connectivity index (χ1) is 9.98. The van der Waals surface area contributed by atoms with Gasteiger partial charge in [0.25, 0.3) is 0 Å². The van der Waals surface area contributed by atoms with Gasteiger partial charge in [-0.15, -0.1) is 0 Å². The van der Waals surface area contributed by atoms with Crippen LogP contribution in [-0.2, 0) is 9.53 Å². The number of nitrogens with one attached hydrogen (secondary N) is 1. The fraction of sp³-hybridized carbons (Fsp3) is 0.688. The predicted molar refractivity (Wildman–Crippen MR) is 86.3 cm³/mol. The zero-order valence-electron chi connectivity index (χ0n) is 13.4. The number of nitrogens with zero attached hydrogens (tertiary/aromatic N) is 1.